The van der Waals surface area contributed by atoms with Crippen LogP contribution < -0.4 is 9.47 Å². The third-order valence-electron chi connectivity index (χ3n) is 6.17. The number of H-pyrrole nitrogens is 1. The van der Waals surface area contributed by atoms with Gasteiger partial charge in [0.2, 0.25) is 0 Å². The Morgan fingerprint density at radius 3 is 2.44 bits per heavy atom. The van der Waals surface area contributed by atoms with Crippen LogP contribution in [0, 0.1) is 0 Å². The van der Waals surface area contributed by atoms with E-state index in [-0.39, 0.29) is 11.7 Å². The van der Waals surface area contributed by atoms with E-state index in [1.807, 2.05) is 62.4 Å². The van der Waals surface area contributed by atoms with Crippen molar-refractivity contribution in [3.8, 4) is 28.5 Å². The fraction of sp³-hybridized carbons (Fsp3) is 0.214. The maximum Gasteiger partial charge on any atom is 0.273 e. The number of para-hydroxylation sites is 1. The molecule has 5 rings (SSSR count). The summed E-state index contributed by atoms with van der Waals surface area (Å²) in [5.74, 6) is 1.17. The van der Waals surface area contributed by atoms with Gasteiger partial charge in [-0.15, -0.1) is 0 Å². The number of amides is 1. The molecule has 3 aromatic carbocycles. The molecule has 2 heterocycles. The lowest BCUT2D eigenvalue weighted by Gasteiger charge is -2.27. The van der Waals surface area contributed by atoms with Gasteiger partial charge in [0.05, 0.1) is 19.3 Å². The Hall–Kier alpha value is -3.97. The average Bonchev–Trinajstić information content (AvgIpc) is 3.41. The van der Waals surface area contributed by atoms with Crippen LogP contribution in [0.1, 0.15) is 47.1 Å². The number of hydrogen-bond donors (Lipinski definition) is 2. The number of carbonyl (C=O) groups excluding carboxylic acids is 1. The van der Waals surface area contributed by atoms with Gasteiger partial charge in [0.1, 0.15) is 17.1 Å². The summed E-state index contributed by atoms with van der Waals surface area (Å²) in [5, 5.41) is 18.6. The number of phenolic OH excluding ortho intramolecular Hbond substituents is 1. The maximum atomic E-state index is 13.7. The molecule has 7 nitrogen and oxygen atoms in total. The predicted molar refractivity (Wildman–Crippen MR) is 138 cm³/mol. The number of halogens is 1. The van der Waals surface area contributed by atoms with Crippen molar-refractivity contribution in [2.75, 3.05) is 13.2 Å². The lowest BCUT2D eigenvalue weighted by molar-refractivity contribution is 0.0730. The Labute approximate surface area is 214 Å². The fourth-order valence-electron chi connectivity index (χ4n) is 4.61. The van der Waals surface area contributed by atoms with Crippen LogP contribution in [-0.4, -0.2) is 39.3 Å². The van der Waals surface area contributed by atoms with Crippen molar-refractivity contribution in [1.82, 2.24) is 15.1 Å². The van der Waals surface area contributed by atoms with Gasteiger partial charge in [-0.05, 0) is 61.4 Å². The number of hydrogen-bond acceptors (Lipinski definition) is 5. The summed E-state index contributed by atoms with van der Waals surface area (Å²) < 4.78 is 11.6. The lowest BCUT2D eigenvalue weighted by atomic mass is 9.95. The first-order valence-electron chi connectivity index (χ1n) is 11.8. The second kappa shape index (κ2) is 9.95. The van der Waals surface area contributed by atoms with Crippen molar-refractivity contribution in [1.29, 1.82) is 0 Å². The van der Waals surface area contributed by atoms with E-state index in [4.69, 9.17) is 21.1 Å². The SMILES string of the molecule is CCOc1ccc(C2c3c(-c4ccccc4O)n[nH]c3C(=O)N2Cc2ccc(Cl)cc2)cc1OCC. The van der Waals surface area contributed by atoms with E-state index in [1.54, 1.807) is 23.1 Å². The molecule has 2 N–H and O–H groups in total. The molecular formula is C28H26ClN3O4. The molecule has 8 heteroatoms. The average molecular weight is 504 g/mol. The second-order valence-electron chi connectivity index (χ2n) is 8.41. The minimum atomic E-state index is -0.466. The number of fused-ring (bicyclic) bond motifs is 1. The minimum Gasteiger partial charge on any atom is -0.507 e. The quantitative estimate of drug-likeness (QED) is 0.309. The molecule has 1 aliphatic heterocycles. The Balaban J connectivity index is 1.66. The third kappa shape index (κ3) is 4.27. The Morgan fingerprint density at radius 2 is 1.72 bits per heavy atom. The van der Waals surface area contributed by atoms with Crippen LogP contribution in [-0.2, 0) is 6.54 Å². The molecule has 36 heavy (non-hydrogen) atoms. The summed E-state index contributed by atoms with van der Waals surface area (Å²) in [6, 6.07) is 19.7. The highest BCUT2D eigenvalue weighted by atomic mass is 35.5. The second-order valence-corrected chi connectivity index (χ2v) is 8.85. The first-order valence-corrected chi connectivity index (χ1v) is 12.2. The zero-order valence-electron chi connectivity index (χ0n) is 20.0. The summed E-state index contributed by atoms with van der Waals surface area (Å²) in [6.07, 6.45) is 0. The van der Waals surface area contributed by atoms with Gasteiger partial charge in [-0.25, -0.2) is 0 Å². The van der Waals surface area contributed by atoms with Crippen LogP contribution >= 0.6 is 11.6 Å². The lowest BCUT2D eigenvalue weighted by Crippen LogP contribution is -2.29. The first-order chi connectivity index (χ1) is 17.5. The molecule has 1 atom stereocenters. The van der Waals surface area contributed by atoms with Gasteiger partial charge in [-0.1, -0.05) is 41.9 Å². The van der Waals surface area contributed by atoms with E-state index in [1.165, 1.54) is 0 Å². The number of nitrogens with zero attached hydrogens (tertiary/aromatic N) is 2. The molecule has 0 bridgehead atoms. The molecule has 1 aromatic heterocycles. The molecule has 1 aliphatic rings. The van der Waals surface area contributed by atoms with Crippen LogP contribution in [0.5, 0.6) is 17.2 Å². The van der Waals surface area contributed by atoms with E-state index in [9.17, 15) is 9.90 Å². The predicted octanol–water partition coefficient (Wildman–Crippen LogP) is 5.98. The summed E-state index contributed by atoms with van der Waals surface area (Å²) in [6.45, 7) is 5.18. The highest BCUT2D eigenvalue weighted by Gasteiger charge is 2.42. The minimum absolute atomic E-state index is 0.0934. The Kier molecular flexibility index (Phi) is 6.57. The van der Waals surface area contributed by atoms with Crippen molar-refractivity contribution >= 4 is 17.5 Å². The number of carbonyl (C=O) groups is 1. The summed E-state index contributed by atoms with van der Waals surface area (Å²) in [4.78, 5) is 15.5. The zero-order valence-corrected chi connectivity index (χ0v) is 20.7. The van der Waals surface area contributed by atoms with E-state index in [0.717, 1.165) is 11.1 Å². The number of benzene rings is 3. The highest BCUT2D eigenvalue weighted by molar-refractivity contribution is 6.30. The molecule has 0 saturated heterocycles. The van der Waals surface area contributed by atoms with Gasteiger partial charge in [0.15, 0.2) is 11.5 Å². The molecule has 0 spiro atoms. The Morgan fingerprint density at radius 1 is 1.00 bits per heavy atom. The largest absolute Gasteiger partial charge is 0.507 e. The number of aromatic nitrogens is 2. The molecule has 0 saturated carbocycles. The molecule has 1 unspecified atom stereocenters. The number of phenols is 1. The number of aromatic hydroxyl groups is 1. The number of aromatic amines is 1. The highest BCUT2D eigenvalue weighted by Crippen LogP contribution is 2.46. The van der Waals surface area contributed by atoms with Crippen LogP contribution in [0.3, 0.4) is 0 Å². The van der Waals surface area contributed by atoms with Crippen molar-refractivity contribution in [2.24, 2.45) is 0 Å². The molecular weight excluding hydrogens is 478 g/mol. The molecule has 4 aromatic rings. The van der Waals surface area contributed by atoms with Gasteiger partial charge in [-0.2, -0.15) is 5.10 Å². The first kappa shape index (κ1) is 23.8. The van der Waals surface area contributed by atoms with Gasteiger partial charge in [0.25, 0.3) is 5.91 Å². The maximum absolute atomic E-state index is 13.7. The monoisotopic (exact) mass is 503 g/mol. The van der Waals surface area contributed by atoms with Crippen LogP contribution in [0.4, 0.5) is 0 Å². The van der Waals surface area contributed by atoms with E-state index >= 15 is 0 Å². The smallest absolute Gasteiger partial charge is 0.273 e. The summed E-state index contributed by atoms with van der Waals surface area (Å²) in [5.41, 5.74) is 3.99. The third-order valence-corrected chi connectivity index (χ3v) is 6.42. The summed E-state index contributed by atoms with van der Waals surface area (Å²) >= 11 is 6.08. The van der Waals surface area contributed by atoms with Gasteiger partial charge in [0, 0.05) is 22.7 Å². The molecule has 1 amide bonds. The number of ether oxygens (including phenoxy) is 2. The molecule has 184 valence electrons. The van der Waals surface area contributed by atoms with E-state index < -0.39 is 6.04 Å². The van der Waals surface area contributed by atoms with Crippen molar-refractivity contribution in [2.45, 2.75) is 26.4 Å². The normalized spacial score (nSPS) is 14.7. The number of rotatable bonds is 8. The van der Waals surface area contributed by atoms with Crippen LogP contribution in [0.25, 0.3) is 11.3 Å². The van der Waals surface area contributed by atoms with Crippen LogP contribution in [0.2, 0.25) is 5.02 Å². The zero-order chi connectivity index (χ0) is 25.2. The Bertz CT molecular complexity index is 1400. The van der Waals surface area contributed by atoms with Gasteiger partial charge in [-0.3, -0.25) is 9.89 Å². The van der Waals surface area contributed by atoms with Gasteiger partial charge < -0.3 is 19.5 Å². The van der Waals surface area contributed by atoms with E-state index in [0.29, 0.717) is 58.8 Å². The van der Waals surface area contributed by atoms with Crippen molar-refractivity contribution in [3.05, 3.63) is 94.1 Å². The van der Waals surface area contributed by atoms with Gasteiger partial charge >= 0.3 is 0 Å². The van der Waals surface area contributed by atoms with E-state index in [2.05, 4.69) is 10.2 Å². The molecule has 0 fully saturated rings. The molecule has 0 aliphatic carbocycles. The van der Waals surface area contributed by atoms with Crippen molar-refractivity contribution in [3.63, 3.8) is 0 Å². The standard InChI is InChI=1S/C28H26ClN3O4/c1-3-35-22-14-11-18(15-23(22)36-4-2)27-24-25(20-7-5-6-8-21(20)33)30-31-26(24)28(34)32(27)16-17-9-12-19(29)13-10-17/h5-15,27,33H,3-4,16H2,1-2H3,(H,30,31). The fourth-order valence-corrected chi connectivity index (χ4v) is 4.74. The number of nitrogens with one attached hydrogen (secondary N) is 1. The summed E-state index contributed by atoms with van der Waals surface area (Å²) in [7, 11) is 0. The molecule has 0 radical (unpaired) electrons. The van der Waals surface area contributed by atoms with Crippen LogP contribution in [0.15, 0.2) is 66.7 Å². The van der Waals surface area contributed by atoms with Crippen molar-refractivity contribution < 1.29 is 19.4 Å². The topological polar surface area (TPSA) is 87.7 Å².